The number of nitrogens with one attached hydrogen (secondary N) is 1. The lowest BCUT2D eigenvalue weighted by Crippen LogP contribution is -2.46. The molecule has 1 heterocycles. The van der Waals surface area contributed by atoms with Crippen LogP contribution in [0.4, 0.5) is 0 Å². The van der Waals surface area contributed by atoms with Crippen molar-refractivity contribution in [2.75, 3.05) is 19.6 Å². The van der Waals surface area contributed by atoms with Crippen LogP contribution in [0, 0.1) is 5.92 Å². The van der Waals surface area contributed by atoms with Crippen LogP contribution >= 0.6 is 24.0 Å². The molecule has 4 nitrogen and oxygen atoms in total. The van der Waals surface area contributed by atoms with Crippen LogP contribution in [0.15, 0.2) is 29.3 Å². The van der Waals surface area contributed by atoms with Crippen molar-refractivity contribution in [1.82, 2.24) is 10.2 Å². The molecule has 118 valence electrons. The number of likely N-dealkylation sites (tertiary alicyclic amines) is 1. The van der Waals surface area contributed by atoms with Gasteiger partial charge in [-0.3, -0.25) is 0 Å². The van der Waals surface area contributed by atoms with E-state index in [4.69, 9.17) is 4.99 Å². The number of benzene rings is 1. The second kappa shape index (κ2) is 9.12. The van der Waals surface area contributed by atoms with Gasteiger partial charge in [-0.05, 0) is 43.4 Å². The number of aliphatic imine (C=N–C) groups is 1. The van der Waals surface area contributed by atoms with Crippen LogP contribution in [0.1, 0.15) is 32.3 Å². The van der Waals surface area contributed by atoms with Crippen LogP contribution < -0.4 is 5.32 Å². The molecule has 1 atom stereocenters. The number of halogens is 1. The molecular weight excluding hydrogens is 377 g/mol. The van der Waals surface area contributed by atoms with Crippen LogP contribution in [0.25, 0.3) is 0 Å². The second-order valence-corrected chi connectivity index (χ2v) is 5.53. The Labute approximate surface area is 144 Å². The minimum atomic E-state index is 0. The average Bonchev–Trinajstić information content (AvgIpc) is 2.43. The van der Waals surface area contributed by atoms with E-state index in [0.717, 1.165) is 37.1 Å². The van der Waals surface area contributed by atoms with Crippen molar-refractivity contribution < 1.29 is 5.11 Å². The SMILES string of the molecule is CCNC(=NCc1cccc(O)c1)N1CCCC(C)C1.I. The van der Waals surface area contributed by atoms with Gasteiger partial charge in [-0.15, -0.1) is 24.0 Å². The third-order valence-corrected chi connectivity index (χ3v) is 3.61. The topological polar surface area (TPSA) is 47.9 Å². The Morgan fingerprint density at radius 2 is 2.29 bits per heavy atom. The maximum Gasteiger partial charge on any atom is 0.194 e. The molecule has 1 unspecified atom stereocenters. The molecule has 2 N–H and O–H groups in total. The first kappa shape index (κ1) is 18.1. The zero-order valence-corrected chi connectivity index (χ0v) is 15.2. The van der Waals surface area contributed by atoms with Gasteiger partial charge < -0.3 is 15.3 Å². The summed E-state index contributed by atoms with van der Waals surface area (Å²) in [6.45, 7) is 8.02. The summed E-state index contributed by atoms with van der Waals surface area (Å²) in [5.74, 6) is 2.02. The molecule has 1 aliphatic rings. The first-order valence-electron chi connectivity index (χ1n) is 7.50. The number of rotatable bonds is 3. The van der Waals surface area contributed by atoms with E-state index in [1.807, 2.05) is 12.1 Å². The van der Waals surface area contributed by atoms with Gasteiger partial charge in [0, 0.05) is 19.6 Å². The van der Waals surface area contributed by atoms with Crippen molar-refractivity contribution in [2.24, 2.45) is 10.9 Å². The summed E-state index contributed by atoms with van der Waals surface area (Å²) in [5, 5.41) is 12.9. The van der Waals surface area contributed by atoms with Crippen LogP contribution in [0.5, 0.6) is 5.75 Å². The molecule has 5 heteroatoms. The predicted octanol–water partition coefficient (Wildman–Crippen LogP) is 3.21. The zero-order chi connectivity index (χ0) is 14.4. The van der Waals surface area contributed by atoms with Crippen molar-refractivity contribution in [2.45, 2.75) is 33.2 Å². The Hall–Kier alpha value is -0.980. The maximum atomic E-state index is 9.49. The van der Waals surface area contributed by atoms with E-state index in [1.54, 1.807) is 12.1 Å². The molecule has 21 heavy (non-hydrogen) atoms. The summed E-state index contributed by atoms with van der Waals surface area (Å²) in [7, 11) is 0. The Balaban J connectivity index is 0.00000220. The fourth-order valence-electron chi connectivity index (χ4n) is 2.63. The third kappa shape index (κ3) is 5.73. The maximum absolute atomic E-state index is 9.49. The summed E-state index contributed by atoms with van der Waals surface area (Å²) in [6.07, 6.45) is 2.54. The predicted molar refractivity (Wildman–Crippen MR) is 98.3 cm³/mol. The Bertz CT molecular complexity index is 465. The normalized spacial score (nSPS) is 19.0. The molecule has 0 aromatic heterocycles. The second-order valence-electron chi connectivity index (χ2n) is 5.53. The van der Waals surface area contributed by atoms with Crippen molar-refractivity contribution in [3.8, 4) is 5.75 Å². The molecule has 0 spiro atoms. The highest BCUT2D eigenvalue weighted by Crippen LogP contribution is 2.16. The van der Waals surface area contributed by atoms with Crippen LogP contribution in [0.3, 0.4) is 0 Å². The smallest absolute Gasteiger partial charge is 0.194 e. The number of hydrogen-bond acceptors (Lipinski definition) is 2. The molecule has 1 aliphatic heterocycles. The van der Waals surface area contributed by atoms with Crippen LogP contribution in [0.2, 0.25) is 0 Å². The van der Waals surface area contributed by atoms with Gasteiger partial charge in [-0.1, -0.05) is 19.1 Å². The average molecular weight is 403 g/mol. The monoisotopic (exact) mass is 403 g/mol. The van der Waals surface area contributed by atoms with Gasteiger partial charge in [-0.25, -0.2) is 4.99 Å². The number of hydrogen-bond donors (Lipinski definition) is 2. The molecule has 1 aromatic rings. The molecule has 0 bridgehead atoms. The molecule has 1 saturated heterocycles. The van der Waals surface area contributed by atoms with Crippen molar-refractivity contribution in [3.05, 3.63) is 29.8 Å². The van der Waals surface area contributed by atoms with Gasteiger partial charge in [0.1, 0.15) is 5.75 Å². The fraction of sp³-hybridized carbons (Fsp3) is 0.562. The summed E-state index contributed by atoms with van der Waals surface area (Å²) in [5.41, 5.74) is 1.03. The number of phenols is 1. The molecular formula is C16H26IN3O. The Morgan fingerprint density at radius 3 is 2.95 bits per heavy atom. The third-order valence-electron chi connectivity index (χ3n) is 3.61. The Morgan fingerprint density at radius 1 is 1.48 bits per heavy atom. The van der Waals surface area contributed by atoms with E-state index < -0.39 is 0 Å². The molecule has 0 aliphatic carbocycles. The molecule has 1 aromatic carbocycles. The number of aromatic hydroxyl groups is 1. The summed E-state index contributed by atoms with van der Waals surface area (Å²) < 4.78 is 0. The van der Waals surface area contributed by atoms with Gasteiger partial charge in [0.15, 0.2) is 5.96 Å². The molecule has 0 amide bonds. The highest BCUT2D eigenvalue weighted by Gasteiger charge is 2.18. The fourth-order valence-corrected chi connectivity index (χ4v) is 2.63. The first-order chi connectivity index (χ1) is 9.69. The lowest BCUT2D eigenvalue weighted by Gasteiger charge is -2.33. The highest BCUT2D eigenvalue weighted by molar-refractivity contribution is 14.0. The Kier molecular flexibility index (Phi) is 7.85. The van der Waals surface area contributed by atoms with Crippen molar-refractivity contribution in [1.29, 1.82) is 0 Å². The minimum absolute atomic E-state index is 0. The molecule has 0 radical (unpaired) electrons. The van der Waals surface area contributed by atoms with Gasteiger partial charge in [-0.2, -0.15) is 0 Å². The summed E-state index contributed by atoms with van der Waals surface area (Å²) in [4.78, 5) is 7.05. The van der Waals surface area contributed by atoms with Crippen molar-refractivity contribution in [3.63, 3.8) is 0 Å². The lowest BCUT2D eigenvalue weighted by atomic mass is 10.0. The first-order valence-corrected chi connectivity index (χ1v) is 7.50. The minimum Gasteiger partial charge on any atom is -0.508 e. The number of guanidine groups is 1. The number of nitrogens with zero attached hydrogens (tertiary/aromatic N) is 2. The van der Waals surface area contributed by atoms with Gasteiger partial charge >= 0.3 is 0 Å². The van der Waals surface area contributed by atoms with E-state index in [9.17, 15) is 5.11 Å². The van der Waals surface area contributed by atoms with Gasteiger partial charge in [0.2, 0.25) is 0 Å². The largest absolute Gasteiger partial charge is 0.508 e. The summed E-state index contributed by atoms with van der Waals surface area (Å²) >= 11 is 0. The number of piperidine rings is 1. The van der Waals surface area contributed by atoms with Crippen LogP contribution in [-0.4, -0.2) is 35.6 Å². The summed E-state index contributed by atoms with van der Waals surface area (Å²) in [6, 6.07) is 7.30. The van der Waals surface area contributed by atoms with Crippen molar-refractivity contribution >= 4 is 29.9 Å². The zero-order valence-electron chi connectivity index (χ0n) is 12.9. The van der Waals surface area contributed by atoms with E-state index in [2.05, 4.69) is 24.1 Å². The standard InChI is InChI=1S/C16H25N3O.HI/c1-3-17-16(19-9-5-6-13(2)12-19)18-11-14-7-4-8-15(20)10-14;/h4,7-8,10,13,20H,3,5-6,9,11-12H2,1-2H3,(H,17,18);1H. The van der Waals surface area contributed by atoms with E-state index >= 15 is 0 Å². The van der Waals surface area contributed by atoms with Crippen LogP contribution in [-0.2, 0) is 6.54 Å². The highest BCUT2D eigenvalue weighted by atomic mass is 127. The molecule has 2 rings (SSSR count). The lowest BCUT2D eigenvalue weighted by molar-refractivity contribution is 0.266. The van der Waals surface area contributed by atoms with Gasteiger partial charge in [0.05, 0.1) is 6.54 Å². The molecule has 1 fully saturated rings. The van der Waals surface area contributed by atoms with E-state index in [0.29, 0.717) is 12.3 Å². The molecule has 0 saturated carbocycles. The number of phenolic OH excluding ortho intramolecular Hbond substituents is 1. The van der Waals surface area contributed by atoms with Gasteiger partial charge in [0.25, 0.3) is 0 Å². The quantitative estimate of drug-likeness (QED) is 0.463. The van der Waals surface area contributed by atoms with E-state index in [-0.39, 0.29) is 24.0 Å². The van der Waals surface area contributed by atoms with E-state index in [1.165, 1.54) is 12.8 Å².